The number of sulfonamides is 1. The maximum atomic E-state index is 12.7. The maximum Gasteiger partial charge on any atom is 0.241 e. The number of aliphatic hydroxyl groups excluding tert-OH is 1. The van der Waals surface area contributed by atoms with Crippen molar-refractivity contribution >= 4 is 15.9 Å². The Kier molecular flexibility index (Phi) is 8.03. The largest absolute Gasteiger partial charge is 0.497 e. The number of carbonyl (C=O) groups excluding carboxylic acids is 1. The van der Waals surface area contributed by atoms with E-state index in [1.54, 1.807) is 12.1 Å². The molecule has 0 aliphatic carbocycles. The Labute approximate surface area is 182 Å². The van der Waals surface area contributed by atoms with E-state index in [-0.39, 0.29) is 29.9 Å². The summed E-state index contributed by atoms with van der Waals surface area (Å²) in [6.45, 7) is 0.0756. The van der Waals surface area contributed by atoms with Crippen LogP contribution in [0.2, 0.25) is 0 Å². The van der Waals surface area contributed by atoms with Gasteiger partial charge in [-0.05, 0) is 30.5 Å². The number of rotatable bonds is 9. The van der Waals surface area contributed by atoms with Gasteiger partial charge in [0.2, 0.25) is 15.9 Å². The molecular weight excluding hydrogens is 420 g/mol. The summed E-state index contributed by atoms with van der Waals surface area (Å²) < 4.78 is 39.0. The van der Waals surface area contributed by atoms with Crippen LogP contribution in [0.5, 0.6) is 5.75 Å². The first-order valence-corrected chi connectivity index (χ1v) is 11.6. The molecule has 168 valence electrons. The lowest BCUT2D eigenvalue weighted by molar-refractivity contribution is -0.130. The Morgan fingerprint density at radius 1 is 1.16 bits per heavy atom. The molecule has 0 radical (unpaired) electrons. The highest BCUT2D eigenvalue weighted by atomic mass is 32.2. The van der Waals surface area contributed by atoms with Crippen LogP contribution in [0.1, 0.15) is 24.8 Å². The summed E-state index contributed by atoms with van der Waals surface area (Å²) in [5.41, 5.74) is 1.00. The molecule has 1 aliphatic heterocycles. The van der Waals surface area contributed by atoms with Crippen LogP contribution < -0.4 is 14.8 Å². The van der Waals surface area contributed by atoms with Crippen LogP contribution in [0.25, 0.3) is 0 Å². The van der Waals surface area contributed by atoms with Gasteiger partial charge in [0.05, 0.1) is 43.3 Å². The molecule has 0 bridgehead atoms. The summed E-state index contributed by atoms with van der Waals surface area (Å²) in [5.74, 6) is 0.281. The van der Waals surface area contributed by atoms with Gasteiger partial charge in [-0.15, -0.1) is 0 Å². The number of carbonyl (C=O) groups is 1. The van der Waals surface area contributed by atoms with E-state index < -0.39 is 22.2 Å². The van der Waals surface area contributed by atoms with Crippen molar-refractivity contribution in [2.75, 3.05) is 13.7 Å². The van der Waals surface area contributed by atoms with Crippen LogP contribution >= 0.6 is 0 Å². The predicted molar refractivity (Wildman–Crippen MR) is 115 cm³/mol. The molecule has 0 unspecified atom stereocenters. The molecular formula is C22H28N2O6S. The summed E-state index contributed by atoms with van der Waals surface area (Å²) in [7, 11) is -2.35. The van der Waals surface area contributed by atoms with Gasteiger partial charge in [0.1, 0.15) is 5.75 Å². The maximum absolute atomic E-state index is 12.7. The molecule has 1 aliphatic rings. The summed E-state index contributed by atoms with van der Waals surface area (Å²) in [4.78, 5) is 12.3. The van der Waals surface area contributed by atoms with Crippen LogP contribution in [0, 0.1) is 0 Å². The molecule has 2 aromatic carbocycles. The van der Waals surface area contributed by atoms with Gasteiger partial charge in [-0.3, -0.25) is 4.79 Å². The van der Waals surface area contributed by atoms with Crippen molar-refractivity contribution in [1.82, 2.24) is 10.0 Å². The number of aliphatic hydroxyl groups is 1. The molecule has 1 amide bonds. The summed E-state index contributed by atoms with van der Waals surface area (Å²) in [6.07, 6.45) is -0.0174. The Morgan fingerprint density at radius 3 is 2.65 bits per heavy atom. The molecule has 31 heavy (non-hydrogen) atoms. The van der Waals surface area contributed by atoms with E-state index >= 15 is 0 Å². The average Bonchev–Trinajstić information content (AvgIpc) is 2.79. The highest BCUT2D eigenvalue weighted by molar-refractivity contribution is 7.89. The average molecular weight is 449 g/mol. The minimum absolute atomic E-state index is 0.0750. The fraction of sp³-hybridized carbons (Fsp3) is 0.409. The number of amides is 1. The van der Waals surface area contributed by atoms with Crippen LogP contribution in [-0.2, 0) is 26.1 Å². The van der Waals surface area contributed by atoms with E-state index in [2.05, 4.69) is 10.0 Å². The zero-order valence-corrected chi connectivity index (χ0v) is 18.2. The molecule has 8 nitrogen and oxygen atoms in total. The first-order chi connectivity index (χ1) is 14.9. The van der Waals surface area contributed by atoms with Crippen LogP contribution in [0.3, 0.4) is 0 Å². The fourth-order valence-corrected chi connectivity index (χ4v) is 4.86. The van der Waals surface area contributed by atoms with Crippen molar-refractivity contribution < 1.29 is 27.8 Å². The minimum Gasteiger partial charge on any atom is -0.497 e. The lowest BCUT2D eigenvalue weighted by atomic mass is 9.98. The summed E-state index contributed by atoms with van der Waals surface area (Å²) in [6, 6.07) is 15.2. The van der Waals surface area contributed by atoms with Crippen molar-refractivity contribution in [3.63, 3.8) is 0 Å². The first-order valence-electron chi connectivity index (χ1n) is 10.1. The van der Waals surface area contributed by atoms with E-state index in [1.165, 1.54) is 19.2 Å². The smallest absolute Gasteiger partial charge is 0.241 e. The summed E-state index contributed by atoms with van der Waals surface area (Å²) >= 11 is 0. The highest BCUT2D eigenvalue weighted by Gasteiger charge is 2.34. The quantitative estimate of drug-likeness (QED) is 0.537. The van der Waals surface area contributed by atoms with Gasteiger partial charge >= 0.3 is 0 Å². The van der Waals surface area contributed by atoms with E-state index in [0.29, 0.717) is 25.1 Å². The lowest BCUT2D eigenvalue weighted by Crippen LogP contribution is -2.51. The van der Waals surface area contributed by atoms with Gasteiger partial charge in [-0.25, -0.2) is 13.1 Å². The van der Waals surface area contributed by atoms with Gasteiger partial charge in [-0.2, -0.15) is 0 Å². The zero-order chi connectivity index (χ0) is 22.3. The third kappa shape index (κ3) is 6.51. The van der Waals surface area contributed by atoms with E-state index in [1.807, 2.05) is 30.3 Å². The number of hydrogen-bond acceptors (Lipinski definition) is 6. The number of hydrogen-bond donors (Lipinski definition) is 3. The van der Waals surface area contributed by atoms with Crippen molar-refractivity contribution in [1.29, 1.82) is 0 Å². The molecule has 0 aromatic heterocycles. The second-order valence-corrected chi connectivity index (χ2v) is 9.14. The Morgan fingerprint density at radius 2 is 1.94 bits per heavy atom. The first kappa shape index (κ1) is 23.2. The van der Waals surface area contributed by atoms with E-state index in [4.69, 9.17) is 9.47 Å². The monoisotopic (exact) mass is 448 g/mol. The SMILES string of the molecule is COc1cccc(S(=O)(=O)N[C@@H]2CC[C@H](CC(=O)NCc3ccccc3)O[C@H]2CO)c1. The van der Waals surface area contributed by atoms with Gasteiger partial charge in [0.25, 0.3) is 0 Å². The highest BCUT2D eigenvalue weighted by Crippen LogP contribution is 2.24. The van der Waals surface area contributed by atoms with Gasteiger partial charge in [-0.1, -0.05) is 36.4 Å². The van der Waals surface area contributed by atoms with Crippen molar-refractivity contribution in [2.24, 2.45) is 0 Å². The standard InChI is InChI=1S/C22H28N2O6S/c1-29-17-8-5-9-19(12-17)31(27,28)24-20-11-10-18(30-21(20)15-25)13-22(26)23-14-16-6-3-2-4-7-16/h2-9,12,18,20-21,24-25H,10-11,13-15H2,1H3,(H,23,26)/t18-,20-,21+/m1/s1. The molecule has 1 saturated heterocycles. The second-order valence-electron chi connectivity index (χ2n) is 7.43. The lowest BCUT2D eigenvalue weighted by Gasteiger charge is -2.35. The summed E-state index contributed by atoms with van der Waals surface area (Å²) in [5, 5.41) is 12.6. The number of nitrogens with one attached hydrogen (secondary N) is 2. The number of benzene rings is 2. The fourth-order valence-electron chi connectivity index (χ4n) is 3.53. The number of methoxy groups -OCH3 is 1. The second kappa shape index (κ2) is 10.7. The third-order valence-electron chi connectivity index (χ3n) is 5.20. The third-order valence-corrected chi connectivity index (χ3v) is 6.69. The Bertz CT molecular complexity index is 967. The molecule has 0 spiro atoms. The normalized spacial score (nSPS) is 21.4. The van der Waals surface area contributed by atoms with Crippen molar-refractivity contribution in [2.45, 2.75) is 49.0 Å². The van der Waals surface area contributed by atoms with Gasteiger partial charge in [0, 0.05) is 12.6 Å². The van der Waals surface area contributed by atoms with Gasteiger partial charge < -0.3 is 19.9 Å². The van der Waals surface area contributed by atoms with Crippen molar-refractivity contribution in [3.8, 4) is 5.75 Å². The molecule has 2 aromatic rings. The van der Waals surface area contributed by atoms with E-state index in [9.17, 15) is 18.3 Å². The molecule has 3 atom stereocenters. The van der Waals surface area contributed by atoms with Gasteiger partial charge in [0.15, 0.2) is 0 Å². The molecule has 3 rings (SSSR count). The molecule has 9 heteroatoms. The zero-order valence-electron chi connectivity index (χ0n) is 17.4. The Balaban J connectivity index is 1.54. The van der Waals surface area contributed by atoms with E-state index in [0.717, 1.165) is 5.56 Å². The van der Waals surface area contributed by atoms with Crippen LogP contribution in [0.15, 0.2) is 59.5 Å². The topological polar surface area (TPSA) is 114 Å². The molecule has 1 fully saturated rings. The van der Waals surface area contributed by atoms with Crippen LogP contribution in [0.4, 0.5) is 0 Å². The van der Waals surface area contributed by atoms with Crippen LogP contribution in [-0.4, -0.2) is 51.4 Å². The molecule has 3 N–H and O–H groups in total. The molecule has 1 heterocycles. The van der Waals surface area contributed by atoms with Crippen molar-refractivity contribution in [3.05, 3.63) is 60.2 Å². The minimum atomic E-state index is -3.82. The Hall–Kier alpha value is -2.46. The molecule has 0 saturated carbocycles. The predicted octanol–water partition coefficient (Wildman–Crippen LogP) is 1.59. The number of ether oxygens (including phenoxy) is 2.